The average Bonchev–Trinajstić information content (AvgIpc) is 2.79. The number of hydrogen-bond donors (Lipinski definition) is 1. The lowest BCUT2D eigenvalue weighted by molar-refractivity contribution is -0.141. The number of Topliss-reactive ketones (excluding diaryl/α,β-unsaturated/α-hetero) is 2. The van der Waals surface area contributed by atoms with Gasteiger partial charge in [-0.05, 0) is 101 Å². The molecule has 0 saturated carbocycles. The second-order valence-electron chi connectivity index (χ2n) is 11.0. The van der Waals surface area contributed by atoms with E-state index in [1.165, 1.54) is 24.3 Å². The Balaban J connectivity index is 1.88. The van der Waals surface area contributed by atoms with Crippen molar-refractivity contribution >= 4 is 29.6 Å². The number of aliphatic hydroxyl groups is 1. The Morgan fingerprint density at radius 2 is 1.08 bits per heavy atom. The van der Waals surface area contributed by atoms with E-state index in [0.29, 0.717) is 80.1 Å². The third-order valence-electron chi connectivity index (χ3n) is 6.64. The normalized spacial score (nSPS) is 16.9. The molecule has 0 fully saturated rings. The summed E-state index contributed by atoms with van der Waals surface area (Å²) in [6.07, 6.45) is 10.1. The summed E-state index contributed by atoms with van der Waals surface area (Å²) in [6.45, 7) is 7.96. The summed E-state index contributed by atoms with van der Waals surface area (Å²) in [5.74, 6) is -0.758. The maximum atomic E-state index is 12.9. The molecule has 196 valence electrons. The summed E-state index contributed by atoms with van der Waals surface area (Å²) in [4.78, 5) is 60.7. The zero-order valence-electron chi connectivity index (χ0n) is 21.9. The van der Waals surface area contributed by atoms with Gasteiger partial charge in [0.05, 0.1) is 0 Å². The molecular formula is C29H38O7. The lowest BCUT2D eigenvalue weighted by Gasteiger charge is -2.23. The van der Waals surface area contributed by atoms with Gasteiger partial charge in [0.25, 0.3) is 6.47 Å². The van der Waals surface area contributed by atoms with E-state index < -0.39 is 5.60 Å². The van der Waals surface area contributed by atoms with Crippen LogP contribution in [-0.4, -0.2) is 46.9 Å². The van der Waals surface area contributed by atoms with Crippen molar-refractivity contribution in [3.05, 3.63) is 46.6 Å². The third kappa shape index (κ3) is 8.94. The van der Waals surface area contributed by atoms with Crippen molar-refractivity contribution in [2.24, 2.45) is 5.41 Å². The quantitative estimate of drug-likeness (QED) is 0.261. The van der Waals surface area contributed by atoms with Crippen LogP contribution in [0.15, 0.2) is 46.6 Å². The highest BCUT2D eigenvalue weighted by Crippen LogP contribution is 2.29. The van der Waals surface area contributed by atoms with Crippen LogP contribution < -0.4 is 0 Å². The number of ketones is 4. The van der Waals surface area contributed by atoms with E-state index in [-0.39, 0.29) is 35.2 Å². The second-order valence-corrected chi connectivity index (χ2v) is 11.0. The molecule has 0 amide bonds. The Morgan fingerprint density at radius 3 is 1.47 bits per heavy atom. The molecule has 0 aromatic rings. The smallest absolute Gasteiger partial charge is 0.293 e. The SMILES string of the molecule is CC(C)(CO)CCCC1=CC(=O)C=C(CCCC2=CC(=O)C=C(CCCC(C)(C)OC=O)C2=O)C1=O. The molecular weight excluding hydrogens is 460 g/mol. The van der Waals surface area contributed by atoms with Gasteiger partial charge < -0.3 is 9.84 Å². The molecule has 1 N–H and O–H groups in total. The summed E-state index contributed by atoms with van der Waals surface area (Å²) in [6, 6.07) is 0. The Labute approximate surface area is 213 Å². The Kier molecular flexibility index (Phi) is 10.5. The minimum atomic E-state index is -0.636. The van der Waals surface area contributed by atoms with Crippen molar-refractivity contribution in [2.75, 3.05) is 6.61 Å². The van der Waals surface area contributed by atoms with Crippen LogP contribution in [0, 0.1) is 5.41 Å². The van der Waals surface area contributed by atoms with Crippen molar-refractivity contribution in [3.8, 4) is 0 Å². The molecule has 0 aromatic carbocycles. The summed E-state index contributed by atoms with van der Waals surface area (Å²) in [5, 5.41) is 9.40. The highest BCUT2D eigenvalue weighted by molar-refractivity contribution is 6.21. The standard InChI is InChI=1S/C29H38O7/c1-28(2,18-30)12-6-10-22-16-24(32)14-20(26(22)34)8-5-9-21-15-25(33)17-23(27(21)35)11-7-13-29(3,4)36-19-31/h14-17,19,30H,5-13,18H2,1-4H3. The van der Waals surface area contributed by atoms with Gasteiger partial charge in [-0.25, -0.2) is 0 Å². The van der Waals surface area contributed by atoms with Crippen molar-refractivity contribution in [1.82, 2.24) is 0 Å². The van der Waals surface area contributed by atoms with E-state index >= 15 is 0 Å². The molecule has 0 unspecified atom stereocenters. The van der Waals surface area contributed by atoms with Crippen LogP contribution in [0.5, 0.6) is 0 Å². The highest BCUT2D eigenvalue weighted by Gasteiger charge is 2.25. The molecule has 2 aliphatic carbocycles. The largest absolute Gasteiger partial charge is 0.462 e. The van der Waals surface area contributed by atoms with Gasteiger partial charge in [-0.1, -0.05) is 13.8 Å². The van der Waals surface area contributed by atoms with E-state index in [1.807, 2.05) is 13.8 Å². The van der Waals surface area contributed by atoms with Crippen LogP contribution >= 0.6 is 0 Å². The van der Waals surface area contributed by atoms with Crippen molar-refractivity contribution in [3.63, 3.8) is 0 Å². The maximum absolute atomic E-state index is 12.9. The van der Waals surface area contributed by atoms with Gasteiger partial charge in [0, 0.05) is 28.9 Å². The van der Waals surface area contributed by atoms with Gasteiger partial charge in [-0.2, -0.15) is 0 Å². The number of aliphatic hydroxyl groups excluding tert-OH is 1. The monoisotopic (exact) mass is 498 g/mol. The molecule has 0 spiro atoms. The highest BCUT2D eigenvalue weighted by atomic mass is 16.5. The Morgan fingerprint density at radius 1 is 0.694 bits per heavy atom. The summed E-state index contributed by atoms with van der Waals surface area (Å²) < 4.78 is 5.03. The maximum Gasteiger partial charge on any atom is 0.293 e. The number of allylic oxidation sites excluding steroid dienone is 8. The van der Waals surface area contributed by atoms with Crippen molar-refractivity contribution in [2.45, 2.75) is 91.1 Å². The molecule has 7 nitrogen and oxygen atoms in total. The molecule has 0 aliphatic heterocycles. The molecule has 0 radical (unpaired) electrons. The van der Waals surface area contributed by atoms with E-state index in [4.69, 9.17) is 4.74 Å². The summed E-state index contributed by atoms with van der Waals surface area (Å²) in [7, 11) is 0. The lowest BCUT2D eigenvalue weighted by Crippen LogP contribution is -2.24. The van der Waals surface area contributed by atoms with Gasteiger partial charge in [-0.15, -0.1) is 0 Å². The molecule has 0 bridgehead atoms. The first-order valence-corrected chi connectivity index (χ1v) is 12.6. The van der Waals surface area contributed by atoms with E-state index in [0.717, 1.165) is 6.42 Å². The molecule has 36 heavy (non-hydrogen) atoms. The fourth-order valence-corrected chi connectivity index (χ4v) is 4.39. The van der Waals surface area contributed by atoms with Crippen LogP contribution in [0.4, 0.5) is 0 Å². The van der Waals surface area contributed by atoms with Gasteiger partial charge in [0.1, 0.15) is 5.60 Å². The first-order chi connectivity index (χ1) is 16.9. The van der Waals surface area contributed by atoms with E-state index in [9.17, 15) is 29.1 Å². The first kappa shape index (κ1) is 29.3. The van der Waals surface area contributed by atoms with Crippen molar-refractivity contribution in [1.29, 1.82) is 0 Å². The Bertz CT molecular complexity index is 1020. The molecule has 0 heterocycles. The van der Waals surface area contributed by atoms with Gasteiger partial charge in [0.15, 0.2) is 23.1 Å². The zero-order valence-corrected chi connectivity index (χ0v) is 21.9. The van der Waals surface area contributed by atoms with Crippen LogP contribution in [0.3, 0.4) is 0 Å². The number of carbonyl (C=O) groups is 5. The predicted molar refractivity (Wildman–Crippen MR) is 136 cm³/mol. The molecule has 2 aliphatic rings. The Hall–Kier alpha value is -2.93. The van der Waals surface area contributed by atoms with Crippen LogP contribution in [-0.2, 0) is 28.7 Å². The fraction of sp³-hybridized carbons (Fsp3) is 0.552. The first-order valence-electron chi connectivity index (χ1n) is 12.6. The minimum absolute atomic E-state index is 0.0601. The van der Waals surface area contributed by atoms with Crippen molar-refractivity contribution < 1.29 is 33.8 Å². The number of hydrogen-bond acceptors (Lipinski definition) is 7. The fourth-order valence-electron chi connectivity index (χ4n) is 4.39. The van der Waals surface area contributed by atoms with Gasteiger partial charge >= 0.3 is 0 Å². The summed E-state index contributed by atoms with van der Waals surface area (Å²) in [5.41, 5.74) is 0.911. The molecule has 0 saturated heterocycles. The predicted octanol–water partition coefficient (Wildman–Crippen LogP) is 4.48. The molecule has 0 atom stereocenters. The van der Waals surface area contributed by atoms with E-state index in [2.05, 4.69) is 0 Å². The molecule has 7 heteroatoms. The second kappa shape index (κ2) is 12.9. The number of carbonyl (C=O) groups excluding carboxylic acids is 5. The molecule has 0 aromatic heterocycles. The minimum Gasteiger partial charge on any atom is -0.462 e. The topological polar surface area (TPSA) is 115 Å². The van der Waals surface area contributed by atoms with Crippen LogP contribution in [0.25, 0.3) is 0 Å². The number of ether oxygens (including phenoxy) is 1. The van der Waals surface area contributed by atoms with Gasteiger partial charge in [0.2, 0.25) is 0 Å². The molecule has 2 rings (SSSR count). The third-order valence-corrected chi connectivity index (χ3v) is 6.64. The van der Waals surface area contributed by atoms with Crippen LogP contribution in [0.1, 0.15) is 85.5 Å². The lowest BCUT2D eigenvalue weighted by atomic mass is 9.84. The van der Waals surface area contributed by atoms with Gasteiger partial charge in [-0.3, -0.25) is 24.0 Å². The summed E-state index contributed by atoms with van der Waals surface area (Å²) >= 11 is 0. The van der Waals surface area contributed by atoms with E-state index in [1.54, 1.807) is 13.8 Å². The zero-order chi connectivity index (χ0) is 26.9. The number of rotatable bonds is 15. The average molecular weight is 499 g/mol. The van der Waals surface area contributed by atoms with Crippen LogP contribution in [0.2, 0.25) is 0 Å².